The Hall–Kier alpha value is -1.36. The highest BCUT2D eigenvalue weighted by molar-refractivity contribution is 6.28. The number of pyridine rings is 1. The summed E-state index contributed by atoms with van der Waals surface area (Å²) in [6, 6.07) is 6.90. The zero-order chi connectivity index (χ0) is 12.3. The average Bonchev–Trinajstić information content (AvgIpc) is 2.78. The summed E-state index contributed by atoms with van der Waals surface area (Å²) in [6.45, 7) is 0.309. The lowest BCUT2D eigenvalue weighted by Gasteiger charge is -2.19. The predicted octanol–water partition coefficient (Wildman–Crippen LogP) is 2.10. The molecule has 17 heavy (non-hydrogen) atoms. The summed E-state index contributed by atoms with van der Waals surface area (Å²) < 4.78 is 5.19. The van der Waals surface area contributed by atoms with Crippen molar-refractivity contribution in [2.24, 2.45) is 5.73 Å². The van der Waals surface area contributed by atoms with E-state index < -0.39 is 6.10 Å². The molecule has 0 amide bonds. The third-order valence-corrected chi connectivity index (χ3v) is 2.86. The molecule has 0 radical (unpaired) electrons. The van der Waals surface area contributed by atoms with Crippen molar-refractivity contribution in [2.45, 2.75) is 12.0 Å². The minimum atomic E-state index is -0.810. The number of furan rings is 1. The van der Waals surface area contributed by atoms with Gasteiger partial charge in [-0.3, -0.25) is 4.98 Å². The molecule has 0 saturated carbocycles. The molecular weight excluding hydrogens is 240 g/mol. The fourth-order valence-electron chi connectivity index (χ4n) is 1.74. The van der Waals surface area contributed by atoms with Gasteiger partial charge in [-0.15, -0.1) is 0 Å². The van der Waals surface area contributed by atoms with Gasteiger partial charge in [0.25, 0.3) is 0 Å². The van der Waals surface area contributed by atoms with Crippen molar-refractivity contribution in [1.29, 1.82) is 0 Å². The van der Waals surface area contributed by atoms with E-state index in [0.29, 0.717) is 12.3 Å². The summed E-state index contributed by atoms with van der Waals surface area (Å²) >= 11 is 5.68. The summed E-state index contributed by atoms with van der Waals surface area (Å²) in [4.78, 5) is 3.93. The fourth-order valence-corrected chi connectivity index (χ4v) is 1.90. The summed E-state index contributed by atoms with van der Waals surface area (Å²) in [6.07, 6.45) is 2.52. The van der Waals surface area contributed by atoms with Crippen molar-refractivity contribution < 1.29 is 9.52 Å². The van der Waals surface area contributed by atoms with Gasteiger partial charge in [-0.25, -0.2) is 0 Å². The van der Waals surface area contributed by atoms with Crippen molar-refractivity contribution in [3.8, 4) is 0 Å². The number of nitrogens with two attached hydrogens (primary N) is 1. The number of hydrogen-bond donors (Lipinski definition) is 2. The largest absolute Gasteiger partial charge is 0.447 e. The van der Waals surface area contributed by atoms with Crippen LogP contribution in [0.4, 0.5) is 0 Å². The number of aliphatic hydroxyl groups excluding tert-OH is 1. The van der Waals surface area contributed by atoms with E-state index in [2.05, 4.69) is 4.98 Å². The molecule has 2 aromatic heterocycles. The van der Waals surface area contributed by atoms with Gasteiger partial charge in [-0.05, 0) is 41.4 Å². The Bertz CT molecular complexity index is 472. The van der Waals surface area contributed by atoms with Crippen LogP contribution >= 0.6 is 11.6 Å². The predicted molar refractivity (Wildman–Crippen MR) is 64.7 cm³/mol. The first-order chi connectivity index (χ1) is 8.22. The Morgan fingerprint density at radius 1 is 1.29 bits per heavy atom. The quantitative estimate of drug-likeness (QED) is 0.874. The molecule has 0 aliphatic carbocycles. The van der Waals surface area contributed by atoms with Crippen LogP contribution in [-0.2, 0) is 0 Å². The van der Waals surface area contributed by atoms with Gasteiger partial charge < -0.3 is 15.3 Å². The molecule has 0 saturated heterocycles. The normalized spacial score (nSPS) is 14.5. The number of aromatic nitrogens is 1. The highest BCUT2D eigenvalue weighted by Crippen LogP contribution is 2.31. The SMILES string of the molecule is NCC(c1ccncc1)C(O)c1ccc(Cl)o1. The second-order valence-electron chi connectivity index (χ2n) is 3.71. The lowest BCUT2D eigenvalue weighted by Crippen LogP contribution is -2.19. The van der Waals surface area contributed by atoms with Crippen molar-refractivity contribution in [3.05, 3.63) is 53.2 Å². The molecule has 2 atom stereocenters. The lowest BCUT2D eigenvalue weighted by atomic mass is 9.93. The third kappa shape index (κ3) is 2.66. The minimum absolute atomic E-state index is 0.236. The molecule has 3 N–H and O–H groups in total. The topological polar surface area (TPSA) is 72.3 Å². The molecule has 0 fully saturated rings. The molecular formula is C12H13ClN2O2. The number of halogens is 1. The first kappa shape index (κ1) is 12.1. The Balaban J connectivity index is 2.25. The molecule has 0 aliphatic rings. The molecule has 2 aromatic rings. The zero-order valence-corrected chi connectivity index (χ0v) is 9.84. The van der Waals surface area contributed by atoms with E-state index in [9.17, 15) is 5.11 Å². The van der Waals surface area contributed by atoms with Gasteiger partial charge in [0.1, 0.15) is 11.9 Å². The van der Waals surface area contributed by atoms with Crippen LogP contribution in [0.15, 0.2) is 41.1 Å². The highest BCUT2D eigenvalue weighted by atomic mass is 35.5. The second kappa shape index (κ2) is 5.31. The summed E-state index contributed by atoms with van der Waals surface area (Å²) in [5.74, 6) is 0.183. The number of hydrogen-bond acceptors (Lipinski definition) is 4. The van der Waals surface area contributed by atoms with E-state index in [0.717, 1.165) is 5.56 Å². The van der Waals surface area contributed by atoms with Crippen LogP contribution in [0.5, 0.6) is 0 Å². The van der Waals surface area contributed by atoms with Gasteiger partial charge in [-0.2, -0.15) is 0 Å². The molecule has 2 unspecified atom stereocenters. The summed E-state index contributed by atoms with van der Waals surface area (Å²) in [5.41, 5.74) is 6.61. The monoisotopic (exact) mass is 252 g/mol. The molecule has 0 aliphatic heterocycles. The van der Waals surface area contributed by atoms with E-state index in [4.69, 9.17) is 21.8 Å². The minimum Gasteiger partial charge on any atom is -0.447 e. The van der Waals surface area contributed by atoms with Crippen LogP contribution in [0.2, 0.25) is 5.22 Å². The van der Waals surface area contributed by atoms with Crippen molar-refractivity contribution in [3.63, 3.8) is 0 Å². The molecule has 0 aromatic carbocycles. The summed E-state index contributed by atoms with van der Waals surface area (Å²) in [5, 5.41) is 10.4. The van der Waals surface area contributed by atoms with Crippen molar-refractivity contribution in [1.82, 2.24) is 4.98 Å². The molecule has 5 heteroatoms. The van der Waals surface area contributed by atoms with Gasteiger partial charge >= 0.3 is 0 Å². The molecule has 0 bridgehead atoms. The number of nitrogens with zero attached hydrogens (tertiary/aromatic N) is 1. The fraction of sp³-hybridized carbons (Fsp3) is 0.250. The lowest BCUT2D eigenvalue weighted by molar-refractivity contribution is 0.122. The van der Waals surface area contributed by atoms with Crippen LogP contribution in [0, 0.1) is 0 Å². The van der Waals surface area contributed by atoms with Crippen LogP contribution in [-0.4, -0.2) is 16.6 Å². The maximum Gasteiger partial charge on any atom is 0.193 e. The Labute approximate surface area is 104 Å². The van der Waals surface area contributed by atoms with E-state index in [-0.39, 0.29) is 11.1 Å². The average molecular weight is 253 g/mol. The number of rotatable bonds is 4. The van der Waals surface area contributed by atoms with E-state index in [1.165, 1.54) is 0 Å². The van der Waals surface area contributed by atoms with E-state index in [1.54, 1.807) is 24.5 Å². The molecule has 0 spiro atoms. The second-order valence-corrected chi connectivity index (χ2v) is 4.08. The van der Waals surface area contributed by atoms with Crippen LogP contribution in [0.25, 0.3) is 0 Å². The molecule has 90 valence electrons. The Morgan fingerprint density at radius 3 is 2.53 bits per heavy atom. The van der Waals surface area contributed by atoms with Gasteiger partial charge in [-0.1, -0.05) is 0 Å². The van der Waals surface area contributed by atoms with Gasteiger partial charge in [0.2, 0.25) is 0 Å². The first-order valence-electron chi connectivity index (χ1n) is 5.25. The highest BCUT2D eigenvalue weighted by Gasteiger charge is 2.24. The van der Waals surface area contributed by atoms with Gasteiger partial charge in [0, 0.05) is 24.9 Å². The molecule has 2 heterocycles. The molecule has 2 rings (SSSR count). The Morgan fingerprint density at radius 2 is 2.00 bits per heavy atom. The zero-order valence-electron chi connectivity index (χ0n) is 9.08. The Kier molecular flexibility index (Phi) is 3.78. The first-order valence-corrected chi connectivity index (χ1v) is 5.63. The van der Waals surface area contributed by atoms with Crippen molar-refractivity contribution in [2.75, 3.05) is 6.54 Å². The number of aliphatic hydroxyl groups is 1. The van der Waals surface area contributed by atoms with Crippen LogP contribution in [0.3, 0.4) is 0 Å². The van der Waals surface area contributed by atoms with E-state index >= 15 is 0 Å². The maximum absolute atomic E-state index is 10.2. The van der Waals surface area contributed by atoms with Gasteiger partial charge in [0.05, 0.1) is 0 Å². The molecule has 4 nitrogen and oxygen atoms in total. The summed E-state index contributed by atoms with van der Waals surface area (Å²) in [7, 11) is 0. The smallest absolute Gasteiger partial charge is 0.193 e. The third-order valence-electron chi connectivity index (χ3n) is 2.65. The van der Waals surface area contributed by atoms with Crippen molar-refractivity contribution >= 4 is 11.6 Å². The van der Waals surface area contributed by atoms with Crippen LogP contribution in [0.1, 0.15) is 23.3 Å². The van der Waals surface area contributed by atoms with Gasteiger partial charge in [0.15, 0.2) is 5.22 Å². The van der Waals surface area contributed by atoms with E-state index in [1.807, 2.05) is 12.1 Å². The van der Waals surface area contributed by atoms with Crippen LogP contribution < -0.4 is 5.73 Å². The maximum atomic E-state index is 10.2. The standard InChI is InChI=1S/C12H13ClN2O2/c13-11-2-1-10(17-11)12(16)9(7-14)8-3-5-15-6-4-8/h1-6,9,12,16H,7,14H2.